The van der Waals surface area contributed by atoms with E-state index in [1.165, 1.54) is 31.4 Å². The second-order valence-corrected chi connectivity index (χ2v) is 7.73. The number of nitrogens with zero attached hydrogens (tertiary/aromatic N) is 2. The molecule has 1 saturated carbocycles. The van der Waals surface area contributed by atoms with Crippen molar-refractivity contribution in [3.05, 3.63) is 35.6 Å². The van der Waals surface area contributed by atoms with Gasteiger partial charge in [-0.15, -0.1) is 0 Å². The van der Waals surface area contributed by atoms with Crippen molar-refractivity contribution >= 4 is 17.6 Å². The van der Waals surface area contributed by atoms with Crippen molar-refractivity contribution < 1.29 is 14.0 Å². The van der Waals surface area contributed by atoms with Crippen LogP contribution in [0, 0.1) is 5.82 Å². The molecule has 0 aromatic heterocycles. The minimum Gasteiger partial charge on any atom is -0.335 e. The van der Waals surface area contributed by atoms with Crippen molar-refractivity contribution in [2.24, 2.45) is 4.99 Å². The molecule has 2 N–H and O–H groups in total. The molecule has 7 heteroatoms. The van der Waals surface area contributed by atoms with Crippen molar-refractivity contribution in [2.75, 3.05) is 13.1 Å². The van der Waals surface area contributed by atoms with Gasteiger partial charge in [-0.2, -0.15) is 0 Å². The van der Waals surface area contributed by atoms with Gasteiger partial charge >= 0.3 is 6.03 Å². The molecular formula is C20H25FN4O2. The van der Waals surface area contributed by atoms with E-state index in [1.54, 1.807) is 12.1 Å². The number of nitrogens with one attached hydrogen (secondary N) is 2. The fourth-order valence-corrected chi connectivity index (χ4v) is 4.22. The Kier molecular flexibility index (Phi) is 4.85. The van der Waals surface area contributed by atoms with E-state index < -0.39 is 11.5 Å². The lowest BCUT2D eigenvalue weighted by atomic mass is 9.95. The van der Waals surface area contributed by atoms with Crippen LogP contribution in [0.1, 0.15) is 50.5 Å². The van der Waals surface area contributed by atoms with Crippen LogP contribution in [0.25, 0.3) is 0 Å². The summed E-state index contributed by atoms with van der Waals surface area (Å²) in [6.07, 6.45) is 6.85. The topological polar surface area (TPSA) is 73.8 Å². The number of hydrogen-bond acceptors (Lipinski definition) is 3. The summed E-state index contributed by atoms with van der Waals surface area (Å²) < 4.78 is 13.5. The van der Waals surface area contributed by atoms with Crippen LogP contribution < -0.4 is 10.6 Å². The smallest absolute Gasteiger partial charge is 0.317 e. The zero-order chi connectivity index (χ0) is 18.9. The fourth-order valence-electron chi connectivity index (χ4n) is 4.22. The summed E-state index contributed by atoms with van der Waals surface area (Å²) in [5.74, 6) is -0.668. The van der Waals surface area contributed by atoms with Gasteiger partial charge in [0.15, 0.2) is 0 Å². The van der Waals surface area contributed by atoms with Crippen molar-refractivity contribution in [3.8, 4) is 0 Å². The van der Waals surface area contributed by atoms with Crippen LogP contribution in [-0.2, 0) is 4.79 Å². The van der Waals surface area contributed by atoms with Gasteiger partial charge in [-0.3, -0.25) is 9.79 Å². The molecule has 144 valence electrons. The molecule has 4 rings (SSSR count). The molecule has 1 aromatic carbocycles. The van der Waals surface area contributed by atoms with Crippen LogP contribution in [0.15, 0.2) is 29.3 Å². The van der Waals surface area contributed by atoms with Gasteiger partial charge in [-0.25, -0.2) is 9.18 Å². The predicted octanol–water partition coefficient (Wildman–Crippen LogP) is 2.58. The Morgan fingerprint density at radius 3 is 2.67 bits per heavy atom. The van der Waals surface area contributed by atoms with Gasteiger partial charge in [0.25, 0.3) is 5.91 Å². The Morgan fingerprint density at radius 2 is 1.96 bits per heavy atom. The summed E-state index contributed by atoms with van der Waals surface area (Å²) in [5, 5.41) is 6.09. The number of amides is 3. The first-order chi connectivity index (χ1) is 13.0. The number of likely N-dealkylation sites (tertiary alicyclic amines) is 1. The van der Waals surface area contributed by atoms with Crippen molar-refractivity contribution in [3.63, 3.8) is 0 Å². The predicted molar refractivity (Wildman–Crippen MR) is 100 cm³/mol. The van der Waals surface area contributed by atoms with E-state index in [4.69, 9.17) is 0 Å². The number of piperidine rings is 1. The molecule has 3 amide bonds. The lowest BCUT2D eigenvalue weighted by molar-refractivity contribution is -0.115. The van der Waals surface area contributed by atoms with Crippen molar-refractivity contribution in [1.82, 2.24) is 15.5 Å². The molecule has 1 saturated heterocycles. The molecule has 6 nitrogen and oxygen atoms in total. The van der Waals surface area contributed by atoms with Crippen LogP contribution in [0.2, 0.25) is 0 Å². The van der Waals surface area contributed by atoms with Gasteiger partial charge in [-0.1, -0.05) is 31.4 Å². The maximum Gasteiger partial charge on any atom is 0.317 e. The number of benzene rings is 1. The normalized spacial score (nSPS) is 22.5. The second kappa shape index (κ2) is 7.29. The van der Waals surface area contributed by atoms with Crippen LogP contribution in [0.3, 0.4) is 0 Å². The number of carbonyl (C=O) groups excluding carboxylic acids is 2. The molecule has 0 radical (unpaired) electrons. The Balaban J connectivity index is 1.39. The van der Waals surface area contributed by atoms with Crippen LogP contribution in [0.5, 0.6) is 0 Å². The standard InChI is InChI=1S/C20H25FN4O2/c21-15-6-4-5-14(13-15)17-18(26)24-20(23-17)9-11-25(12-10-20)19(27)22-16-7-2-1-3-8-16/h4-6,13,16H,1-3,7-12H2,(H,22,27)(H,24,26). The quantitative estimate of drug-likeness (QED) is 0.837. The summed E-state index contributed by atoms with van der Waals surface area (Å²) >= 11 is 0. The first-order valence-corrected chi connectivity index (χ1v) is 9.78. The largest absolute Gasteiger partial charge is 0.335 e. The Labute approximate surface area is 158 Å². The van der Waals surface area contributed by atoms with Gasteiger partial charge < -0.3 is 15.5 Å². The number of urea groups is 1. The zero-order valence-electron chi connectivity index (χ0n) is 15.3. The number of hydrogen-bond donors (Lipinski definition) is 2. The maximum absolute atomic E-state index is 13.5. The molecule has 2 fully saturated rings. The number of aliphatic imine (C=N–C) groups is 1. The average molecular weight is 372 g/mol. The fraction of sp³-hybridized carbons (Fsp3) is 0.550. The minimum absolute atomic E-state index is 0.0181. The molecule has 2 heterocycles. The summed E-state index contributed by atoms with van der Waals surface area (Å²) in [4.78, 5) is 31.3. The molecular weight excluding hydrogens is 347 g/mol. The Hall–Kier alpha value is -2.44. The summed E-state index contributed by atoms with van der Waals surface area (Å²) in [7, 11) is 0. The van der Waals surface area contributed by atoms with E-state index in [1.807, 2.05) is 4.90 Å². The first kappa shape index (κ1) is 17.9. The highest BCUT2D eigenvalue weighted by Gasteiger charge is 2.43. The monoisotopic (exact) mass is 372 g/mol. The number of halogens is 1. The Bertz CT molecular complexity index is 765. The van der Waals surface area contributed by atoms with Gasteiger partial charge in [-0.05, 0) is 25.0 Å². The van der Waals surface area contributed by atoms with Gasteiger partial charge in [0.1, 0.15) is 17.2 Å². The lowest BCUT2D eigenvalue weighted by Crippen LogP contribution is -2.55. The first-order valence-electron chi connectivity index (χ1n) is 9.78. The molecule has 1 aromatic rings. The minimum atomic E-state index is -0.680. The van der Waals surface area contributed by atoms with E-state index >= 15 is 0 Å². The van der Waals surface area contributed by atoms with E-state index in [2.05, 4.69) is 15.6 Å². The summed E-state index contributed by atoms with van der Waals surface area (Å²) in [6, 6.07) is 6.19. The average Bonchev–Trinajstić information content (AvgIpc) is 2.99. The number of rotatable bonds is 2. The molecule has 2 aliphatic heterocycles. The molecule has 0 bridgehead atoms. The van der Waals surface area contributed by atoms with Crippen molar-refractivity contribution in [1.29, 1.82) is 0 Å². The highest BCUT2D eigenvalue weighted by molar-refractivity contribution is 6.46. The van der Waals surface area contributed by atoms with E-state index in [0.717, 1.165) is 12.8 Å². The molecule has 1 spiro atoms. The van der Waals surface area contributed by atoms with E-state index in [9.17, 15) is 14.0 Å². The van der Waals surface area contributed by atoms with Crippen LogP contribution >= 0.6 is 0 Å². The maximum atomic E-state index is 13.5. The summed E-state index contributed by atoms with van der Waals surface area (Å²) in [6.45, 7) is 1.08. The highest BCUT2D eigenvalue weighted by atomic mass is 19.1. The lowest BCUT2D eigenvalue weighted by Gasteiger charge is -2.38. The van der Waals surface area contributed by atoms with Gasteiger partial charge in [0.2, 0.25) is 0 Å². The van der Waals surface area contributed by atoms with Crippen LogP contribution in [-0.4, -0.2) is 47.3 Å². The van der Waals surface area contributed by atoms with Crippen molar-refractivity contribution in [2.45, 2.75) is 56.7 Å². The third-order valence-corrected chi connectivity index (χ3v) is 5.80. The molecule has 3 aliphatic rings. The molecule has 0 atom stereocenters. The third kappa shape index (κ3) is 3.82. The molecule has 27 heavy (non-hydrogen) atoms. The molecule has 1 aliphatic carbocycles. The number of carbonyl (C=O) groups is 2. The van der Waals surface area contributed by atoms with E-state index in [0.29, 0.717) is 31.5 Å². The van der Waals surface area contributed by atoms with Crippen LogP contribution in [0.4, 0.5) is 9.18 Å². The highest BCUT2D eigenvalue weighted by Crippen LogP contribution is 2.29. The Morgan fingerprint density at radius 1 is 1.22 bits per heavy atom. The second-order valence-electron chi connectivity index (χ2n) is 7.73. The molecule has 0 unspecified atom stereocenters. The van der Waals surface area contributed by atoms with E-state index in [-0.39, 0.29) is 23.7 Å². The van der Waals surface area contributed by atoms with Gasteiger partial charge in [0.05, 0.1) is 0 Å². The SMILES string of the molecule is O=C1NC2(CCN(C(=O)NC3CCCCC3)CC2)N=C1c1cccc(F)c1. The third-order valence-electron chi connectivity index (χ3n) is 5.80. The zero-order valence-corrected chi connectivity index (χ0v) is 15.3. The summed E-state index contributed by atoms with van der Waals surface area (Å²) in [5.41, 5.74) is 0.0804. The van der Waals surface area contributed by atoms with Gasteiger partial charge in [0, 0.05) is 37.5 Å².